The minimum atomic E-state index is -0.908. The summed E-state index contributed by atoms with van der Waals surface area (Å²) in [5, 5.41) is 40.4. The largest absolute Gasteiger partial charge is 0.462 e. The molecule has 0 spiro atoms. The van der Waals surface area contributed by atoms with Crippen molar-refractivity contribution in [3.05, 3.63) is 24.3 Å². The summed E-state index contributed by atoms with van der Waals surface area (Å²) in [6, 6.07) is 0. The second kappa shape index (κ2) is 22.0. The molecule has 0 unspecified atom stereocenters. The van der Waals surface area contributed by atoms with E-state index in [9.17, 15) is 30.0 Å². The fourth-order valence-electron chi connectivity index (χ4n) is 4.94. The molecule has 6 atom stereocenters. The molecule has 0 saturated heterocycles. The molecule has 1 rings (SSSR count). The molecule has 8 heteroatoms. The number of hydrogen-bond acceptors (Lipinski definition) is 8. The lowest BCUT2D eigenvalue weighted by atomic mass is 9.89. The van der Waals surface area contributed by atoms with Crippen LogP contribution in [0.2, 0.25) is 0 Å². The van der Waals surface area contributed by atoms with E-state index in [-0.39, 0.29) is 37.3 Å². The van der Waals surface area contributed by atoms with E-state index in [0.717, 1.165) is 38.5 Å². The summed E-state index contributed by atoms with van der Waals surface area (Å²) < 4.78 is 10.4. The summed E-state index contributed by atoms with van der Waals surface area (Å²) in [5.74, 6) is -1.39. The van der Waals surface area contributed by atoms with Crippen LogP contribution < -0.4 is 0 Å². The van der Waals surface area contributed by atoms with E-state index in [0.29, 0.717) is 19.3 Å². The molecule has 1 fully saturated rings. The van der Waals surface area contributed by atoms with Gasteiger partial charge in [-0.2, -0.15) is 0 Å². The molecule has 1 saturated carbocycles. The first-order valence-corrected chi connectivity index (χ1v) is 15.2. The zero-order chi connectivity index (χ0) is 28.9. The Morgan fingerprint density at radius 3 is 2.26 bits per heavy atom. The van der Waals surface area contributed by atoms with Gasteiger partial charge in [0.2, 0.25) is 0 Å². The van der Waals surface area contributed by atoms with Gasteiger partial charge in [-0.1, -0.05) is 95.9 Å². The summed E-state index contributed by atoms with van der Waals surface area (Å²) in [6.07, 6.45) is 16.7. The molecule has 0 aliphatic heterocycles. The topological polar surface area (TPSA) is 134 Å². The van der Waals surface area contributed by atoms with Crippen molar-refractivity contribution in [2.24, 2.45) is 11.8 Å². The number of carbonyl (C=O) groups is 2. The SMILES string of the molecule is CCCCCCCCCC(=O)OC[C@H](CO)OC(=O)C/C=C\C[C@H]1[C@@H](/C=C/[C@H](O)CCCCC)[C@H](O)C[C@@H]1O. The minimum Gasteiger partial charge on any atom is -0.462 e. The Morgan fingerprint density at radius 1 is 0.897 bits per heavy atom. The van der Waals surface area contributed by atoms with Gasteiger partial charge < -0.3 is 29.9 Å². The Balaban J connectivity index is 2.35. The number of ether oxygens (including phenoxy) is 2. The number of unbranched alkanes of at least 4 members (excludes halogenated alkanes) is 8. The quantitative estimate of drug-likeness (QED) is 0.0855. The third-order valence-electron chi connectivity index (χ3n) is 7.35. The zero-order valence-corrected chi connectivity index (χ0v) is 24.2. The van der Waals surface area contributed by atoms with E-state index < -0.39 is 37.0 Å². The molecular weight excluding hydrogens is 500 g/mol. The number of hydrogen-bond donors (Lipinski definition) is 4. The van der Waals surface area contributed by atoms with Crippen LogP contribution in [0.15, 0.2) is 24.3 Å². The Hall–Kier alpha value is -1.74. The van der Waals surface area contributed by atoms with Crippen LogP contribution in [0.3, 0.4) is 0 Å². The van der Waals surface area contributed by atoms with Crippen molar-refractivity contribution in [1.82, 2.24) is 0 Å². The molecule has 0 bridgehead atoms. The third kappa shape index (κ3) is 16.2. The standard InChI is InChI=1S/C31H54O8/c1-3-5-7-8-9-10-12-17-30(36)38-23-25(22-32)39-31(37)18-14-13-16-26-27(29(35)21-28(26)34)20-19-24(33)15-11-6-4-2/h13-14,19-20,24-29,32-35H,3-12,15-18,21-23H2,1-2H3/b14-13-,20-19+/t24-,25+,26+,27-,28+,29-/m1/s1. The van der Waals surface area contributed by atoms with Crippen LogP contribution >= 0.6 is 0 Å². The number of carbonyl (C=O) groups excluding carboxylic acids is 2. The van der Waals surface area contributed by atoms with Crippen molar-refractivity contribution < 1.29 is 39.5 Å². The smallest absolute Gasteiger partial charge is 0.310 e. The monoisotopic (exact) mass is 554 g/mol. The minimum absolute atomic E-state index is 0.0233. The Morgan fingerprint density at radius 2 is 1.56 bits per heavy atom. The van der Waals surface area contributed by atoms with Gasteiger partial charge >= 0.3 is 11.9 Å². The highest BCUT2D eigenvalue weighted by molar-refractivity contribution is 5.71. The van der Waals surface area contributed by atoms with Crippen LogP contribution in [0.1, 0.15) is 110 Å². The van der Waals surface area contributed by atoms with Crippen LogP contribution in [-0.4, -0.2) is 70.0 Å². The van der Waals surface area contributed by atoms with Crippen molar-refractivity contribution in [3.8, 4) is 0 Å². The van der Waals surface area contributed by atoms with Crippen LogP contribution in [0.25, 0.3) is 0 Å². The average Bonchev–Trinajstić information content (AvgIpc) is 3.18. The van der Waals surface area contributed by atoms with Crippen molar-refractivity contribution in [3.63, 3.8) is 0 Å². The van der Waals surface area contributed by atoms with Gasteiger partial charge in [0.1, 0.15) is 6.61 Å². The van der Waals surface area contributed by atoms with Crippen molar-refractivity contribution >= 4 is 11.9 Å². The molecule has 1 aliphatic carbocycles. The molecule has 0 amide bonds. The second-order valence-corrected chi connectivity index (χ2v) is 10.8. The van der Waals surface area contributed by atoms with Gasteiger partial charge in [-0.25, -0.2) is 0 Å². The van der Waals surface area contributed by atoms with Crippen LogP contribution in [0.5, 0.6) is 0 Å². The number of aliphatic hydroxyl groups excluding tert-OH is 4. The predicted octanol–water partition coefficient (Wildman–Crippen LogP) is 4.77. The summed E-state index contributed by atoms with van der Waals surface area (Å²) in [6.45, 7) is 3.67. The van der Waals surface area contributed by atoms with Gasteiger partial charge in [0.05, 0.1) is 31.3 Å². The maximum absolute atomic E-state index is 12.2. The van der Waals surface area contributed by atoms with E-state index in [2.05, 4.69) is 13.8 Å². The first-order chi connectivity index (χ1) is 18.8. The molecule has 1 aliphatic rings. The van der Waals surface area contributed by atoms with Gasteiger partial charge in [-0.15, -0.1) is 0 Å². The highest BCUT2D eigenvalue weighted by Gasteiger charge is 2.39. The van der Waals surface area contributed by atoms with E-state index in [4.69, 9.17) is 9.47 Å². The summed E-state index contributed by atoms with van der Waals surface area (Å²) in [7, 11) is 0. The summed E-state index contributed by atoms with van der Waals surface area (Å²) in [5.41, 5.74) is 0. The van der Waals surface area contributed by atoms with Crippen LogP contribution in [0, 0.1) is 11.8 Å². The molecule has 8 nitrogen and oxygen atoms in total. The van der Waals surface area contributed by atoms with E-state index in [1.165, 1.54) is 25.7 Å². The number of esters is 2. The molecule has 4 N–H and O–H groups in total. The molecule has 0 aromatic carbocycles. The summed E-state index contributed by atoms with van der Waals surface area (Å²) >= 11 is 0. The number of aliphatic hydroxyl groups is 4. The van der Waals surface area contributed by atoms with E-state index >= 15 is 0 Å². The molecule has 226 valence electrons. The van der Waals surface area contributed by atoms with Crippen molar-refractivity contribution in [2.75, 3.05) is 13.2 Å². The molecule has 39 heavy (non-hydrogen) atoms. The lowest BCUT2D eigenvalue weighted by molar-refractivity contribution is -0.160. The molecule has 0 aromatic rings. The number of rotatable bonds is 22. The van der Waals surface area contributed by atoms with Gasteiger partial charge in [0.15, 0.2) is 6.10 Å². The Kier molecular flexibility index (Phi) is 19.9. The first kappa shape index (κ1) is 35.3. The Labute approximate surface area is 235 Å². The third-order valence-corrected chi connectivity index (χ3v) is 7.35. The Bertz CT molecular complexity index is 707. The number of allylic oxidation sites excluding steroid dienone is 1. The normalized spacial score (nSPS) is 22.9. The van der Waals surface area contributed by atoms with E-state index in [1.54, 1.807) is 18.2 Å². The van der Waals surface area contributed by atoms with Gasteiger partial charge in [-0.3, -0.25) is 9.59 Å². The average molecular weight is 555 g/mol. The van der Waals surface area contributed by atoms with Crippen molar-refractivity contribution in [2.45, 2.75) is 135 Å². The second-order valence-electron chi connectivity index (χ2n) is 10.8. The lowest BCUT2D eigenvalue weighted by Gasteiger charge is -2.19. The maximum Gasteiger partial charge on any atom is 0.310 e. The van der Waals surface area contributed by atoms with Crippen LogP contribution in [-0.2, 0) is 19.1 Å². The highest BCUT2D eigenvalue weighted by atomic mass is 16.6. The van der Waals surface area contributed by atoms with Crippen LogP contribution in [0.4, 0.5) is 0 Å². The lowest BCUT2D eigenvalue weighted by Crippen LogP contribution is -2.28. The van der Waals surface area contributed by atoms with E-state index in [1.807, 2.05) is 6.08 Å². The molecule has 0 aromatic heterocycles. The zero-order valence-electron chi connectivity index (χ0n) is 24.2. The predicted molar refractivity (Wildman–Crippen MR) is 152 cm³/mol. The van der Waals surface area contributed by atoms with Gasteiger partial charge in [0, 0.05) is 18.8 Å². The molecule has 0 radical (unpaired) electrons. The highest BCUT2D eigenvalue weighted by Crippen LogP contribution is 2.36. The summed E-state index contributed by atoms with van der Waals surface area (Å²) in [4.78, 5) is 24.1. The maximum atomic E-state index is 12.2. The molecular formula is C31H54O8. The molecule has 0 heterocycles. The fraction of sp³-hybridized carbons (Fsp3) is 0.806. The van der Waals surface area contributed by atoms with Gasteiger partial charge in [-0.05, 0) is 25.2 Å². The van der Waals surface area contributed by atoms with Crippen molar-refractivity contribution in [1.29, 1.82) is 0 Å². The fourth-order valence-corrected chi connectivity index (χ4v) is 4.94. The first-order valence-electron chi connectivity index (χ1n) is 15.2. The van der Waals surface area contributed by atoms with Gasteiger partial charge in [0.25, 0.3) is 0 Å².